The molecule has 0 bridgehead atoms. The first-order chi connectivity index (χ1) is 8.02. The lowest BCUT2D eigenvalue weighted by Crippen LogP contribution is -2.33. The molecule has 0 aliphatic carbocycles. The molecule has 4 nitrogen and oxygen atoms in total. The van der Waals surface area contributed by atoms with Gasteiger partial charge in [0.2, 0.25) is 5.91 Å². The van der Waals surface area contributed by atoms with Crippen LogP contribution in [0.1, 0.15) is 24.0 Å². The number of carbonyl (C=O) groups excluding carboxylic acids is 1. The van der Waals surface area contributed by atoms with Crippen LogP contribution in [-0.4, -0.2) is 24.6 Å². The number of ether oxygens (including phenoxy) is 1. The lowest BCUT2D eigenvalue weighted by atomic mass is 10.1. The summed E-state index contributed by atoms with van der Waals surface area (Å²) < 4.78 is 5.64. The minimum Gasteiger partial charge on any atom is -0.493 e. The molecule has 1 aromatic rings. The van der Waals surface area contributed by atoms with E-state index in [2.05, 4.69) is 13.0 Å². The largest absolute Gasteiger partial charge is 0.493 e. The van der Waals surface area contributed by atoms with Gasteiger partial charge in [-0.15, -0.1) is 0 Å². The average Bonchev–Trinajstić information content (AvgIpc) is 2.29. The van der Waals surface area contributed by atoms with Gasteiger partial charge in [-0.2, -0.15) is 0 Å². The molecule has 0 saturated carbocycles. The van der Waals surface area contributed by atoms with Gasteiger partial charge in [-0.3, -0.25) is 9.80 Å². The fourth-order valence-corrected chi connectivity index (χ4v) is 1.46. The van der Waals surface area contributed by atoms with E-state index in [0.717, 1.165) is 16.3 Å². The van der Waals surface area contributed by atoms with Gasteiger partial charge in [0.25, 0.3) is 0 Å². The maximum absolute atomic E-state index is 11.2. The number of rotatable bonds is 5. The molecule has 0 aliphatic heterocycles. The molecular formula is C13H20N2O2. The molecule has 0 atom stereocenters. The first-order valence-corrected chi connectivity index (χ1v) is 5.72. The average molecular weight is 236 g/mol. The van der Waals surface area contributed by atoms with Gasteiger partial charge in [0.05, 0.1) is 6.61 Å². The molecule has 0 spiro atoms. The number of carbonyl (C=O) groups is 1. The van der Waals surface area contributed by atoms with Gasteiger partial charge < -0.3 is 4.74 Å². The van der Waals surface area contributed by atoms with Crippen LogP contribution in [0.15, 0.2) is 18.2 Å². The van der Waals surface area contributed by atoms with E-state index in [9.17, 15) is 4.79 Å². The first kappa shape index (κ1) is 13.5. The van der Waals surface area contributed by atoms with Crippen LogP contribution in [0.2, 0.25) is 0 Å². The Labute approximate surface area is 102 Å². The summed E-state index contributed by atoms with van der Waals surface area (Å²) in [6.45, 7) is 4.61. The smallest absolute Gasteiger partial charge is 0.236 e. The molecule has 0 unspecified atom stereocenters. The van der Waals surface area contributed by atoms with Gasteiger partial charge >= 0.3 is 0 Å². The second-order valence-corrected chi connectivity index (χ2v) is 4.15. The molecule has 4 heteroatoms. The number of hydrazine groups is 1. The predicted octanol–water partition coefficient (Wildman–Crippen LogP) is 1.79. The SMILES string of the molecule is Cc1cccc(OCCCC(=O)N(C)N)c1C. The van der Waals surface area contributed by atoms with Gasteiger partial charge in [-0.1, -0.05) is 12.1 Å². The Hall–Kier alpha value is -1.55. The summed E-state index contributed by atoms with van der Waals surface area (Å²) in [7, 11) is 1.55. The van der Waals surface area contributed by atoms with E-state index >= 15 is 0 Å². The second-order valence-electron chi connectivity index (χ2n) is 4.15. The standard InChI is InChI=1S/C13H20N2O2/c1-10-6-4-7-12(11(10)2)17-9-5-8-13(16)15(3)14/h4,6-7H,5,8-9,14H2,1-3H3. The highest BCUT2D eigenvalue weighted by atomic mass is 16.5. The van der Waals surface area contributed by atoms with Crippen LogP contribution in [0.5, 0.6) is 5.75 Å². The molecule has 2 N–H and O–H groups in total. The van der Waals surface area contributed by atoms with Crippen molar-refractivity contribution in [1.82, 2.24) is 5.01 Å². The van der Waals surface area contributed by atoms with Crippen LogP contribution < -0.4 is 10.6 Å². The van der Waals surface area contributed by atoms with E-state index < -0.39 is 0 Å². The number of nitrogens with two attached hydrogens (primary N) is 1. The molecule has 17 heavy (non-hydrogen) atoms. The van der Waals surface area contributed by atoms with Crippen molar-refractivity contribution in [2.75, 3.05) is 13.7 Å². The number of hydrogen-bond donors (Lipinski definition) is 1. The molecule has 1 aromatic carbocycles. The maximum atomic E-state index is 11.2. The van der Waals surface area contributed by atoms with Gasteiger partial charge in [0.15, 0.2) is 0 Å². The highest BCUT2D eigenvalue weighted by molar-refractivity contribution is 5.75. The highest BCUT2D eigenvalue weighted by Gasteiger charge is 2.05. The lowest BCUT2D eigenvalue weighted by molar-refractivity contribution is -0.130. The minimum absolute atomic E-state index is 0.0745. The third-order valence-corrected chi connectivity index (χ3v) is 2.74. The summed E-state index contributed by atoms with van der Waals surface area (Å²) >= 11 is 0. The molecule has 0 radical (unpaired) electrons. The zero-order chi connectivity index (χ0) is 12.8. The molecule has 1 rings (SSSR count). The number of amides is 1. The summed E-state index contributed by atoms with van der Waals surface area (Å²) in [6.07, 6.45) is 1.09. The monoisotopic (exact) mass is 236 g/mol. The Bertz CT molecular complexity index is 389. The molecule has 0 saturated heterocycles. The first-order valence-electron chi connectivity index (χ1n) is 5.72. The number of aryl methyl sites for hydroxylation is 1. The van der Waals surface area contributed by atoms with Crippen LogP contribution in [0.3, 0.4) is 0 Å². The van der Waals surface area contributed by atoms with Crippen LogP contribution in [0.4, 0.5) is 0 Å². The fraction of sp³-hybridized carbons (Fsp3) is 0.462. The number of benzene rings is 1. The molecule has 94 valence electrons. The van der Waals surface area contributed by atoms with Gasteiger partial charge in [-0.05, 0) is 37.5 Å². The Morgan fingerprint density at radius 1 is 1.41 bits per heavy atom. The van der Waals surface area contributed by atoms with E-state index in [0.29, 0.717) is 19.4 Å². The summed E-state index contributed by atoms with van der Waals surface area (Å²) in [4.78, 5) is 11.2. The summed E-state index contributed by atoms with van der Waals surface area (Å²) in [5.74, 6) is 6.13. The summed E-state index contributed by atoms with van der Waals surface area (Å²) in [5, 5.41) is 1.11. The van der Waals surface area contributed by atoms with Crippen LogP contribution >= 0.6 is 0 Å². The fourth-order valence-electron chi connectivity index (χ4n) is 1.46. The van der Waals surface area contributed by atoms with E-state index in [1.807, 2.05) is 19.1 Å². The topological polar surface area (TPSA) is 55.6 Å². The van der Waals surface area contributed by atoms with Crippen molar-refractivity contribution in [3.63, 3.8) is 0 Å². The van der Waals surface area contributed by atoms with Crippen molar-refractivity contribution >= 4 is 5.91 Å². The summed E-state index contributed by atoms with van der Waals surface area (Å²) in [6, 6.07) is 5.96. The Kier molecular flexibility index (Phi) is 4.97. The van der Waals surface area contributed by atoms with E-state index in [1.165, 1.54) is 5.56 Å². The zero-order valence-corrected chi connectivity index (χ0v) is 10.7. The third-order valence-electron chi connectivity index (χ3n) is 2.74. The highest BCUT2D eigenvalue weighted by Crippen LogP contribution is 2.20. The van der Waals surface area contributed by atoms with E-state index in [-0.39, 0.29) is 5.91 Å². The van der Waals surface area contributed by atoms with Crippen molar-refractivity contribution in [2.45, 2.75) is 26.7 Å². The summed E-state index contributed by atoms with van der Waals surface area (Å²) in [5.41, 5.74) is 2.36. The molecule has 0 heterocycles. The van der Waals surface area contributed by atoms with Crippen LogP contribution in [-0.2, 0) is 4.79 Å². The van der Waals surface area contributed by atoms with E-state index in [4.69, 9.17) is 10.6 Å². The van der Waals surface area contributed by atoms with Crippen molar-refractivity contribution in [1.29, 1.82) is 0 Å². The molecular weight excluding hydrogens is 216 g/mol. The van der Waals surface area contributed by atoms with Crippen LogP contribution in [0, 0.1) is 13.8 Å². The third kappa shape index (κ3) is 4.07. The molecule has 0 aliphatic rings. The van der Waals surface area contributed by atoms with Crippen molar-refractivity contribution < 1.29 is 9.53 Å². The zero-order valence-electron chi connectivity index (χ0n) is 10.7. The number of hydrogen-bond acceptors (Lipinski definition) is 3. The van der Waals surface area contributed by atoms with E-state index in [1.54, 1.807) is 7.05 Å². The molecule has 1 amide bonds. The quantitative estimate of drug-likeness (QED) is 0.367. The number of nitrogens with zero attached hydrogens (tertiary/aromatic N) is 1. The van der Waals surface area contributed by atoms with Gasteiger partial charge in [0.1, 0.15) is 5.75 Å². The van der Waals surface area contributed by atoms with Crippen molar-refractivity contribution in [3.05, 3.63) is 29.3 Å². The second kappa shape index (κ2) is 6.25. The van der Waals surface area contributed by atoms with Crippen molar-refractivity contribution in [3.8, 4) is 5.75 Å². The Morgan fingerprint density at radius 3 is 2.76 bits per heavy atom. The minimum atomic E-state index is -0.0745. The molecule has 0 fully saturated rings. The predicted molar refractivity (Wildman–Crippen MR) is 67.6 cm³/mol. The van der Waals surface area contributed by atoms with Crippen molar-refractivity contribution in [2.24, 2.45) is 5.84 Å². The normalized spacial score (nSPS) is 10.1. The van der Waals surface area contributed by atoms with Gasteiger partial charge in [0, 0.05) is 13.5 Å². The Balaban J connectivity index is 2.36. The van der Waals surface area contributed by atoms with Gasteiger partial charge in [-0.25, -0.2) is 5.84 Å². The molecule has 0 aromatic heterocycles. The lowest BCUT2D eigenvalue weighted by Gasteiger charge is -2.12. The Morgan fingerprint density at radius 2 is 2.12 bits per heavy atom. The maximum Gasteiger partial charge on any atom is 0.236 e. The van der Waals surface area contributed by atoms with Crippen LogP contribution in [0.25, 0.3) is 0 Å².